The quantitative estimate of drug-likeness (QED) is 0.812. The monoisotopic (exact) mass is 333 g/mol. The lowest BCUT2D eigenvalue weighted by molar-refractivity contribution is -0.113. The molecule has 1 aromatic carbocycles. The molecule has 2 aliphatic rings. The number of benzene rings is 1. The van der Waals surface area contributed by atoms with E-state index in [1.165, 1.54) is 44.1 Å². The van der Waals surface area contributed by atoms with Gasteiger partial charge in [-0.15, -0.1) is 11.8 Å². The molecule has 124 valence electrons. The normalized spacial score (nSPS) is 18.2. The zero-order chi connectivity index (χ0) is 16.1. The maximum Gasteiger partial charge on any atom is 0.251 e. The van der Waals surface area contributed by atoms with Gasteiger partial charge < -0.3 is 15.5 Å². The van der Waals surface area contributed by atoms with Crippen LogP contribution in [-0.2, 0) is 4.79 Å². The number of nitrogens with one attached hydrogen (secondary N) is 2. The third-order valence-corrected chi connectivity index (χ3v) is 5.33. The van der Waals surface area contributed by atoms with Crippen LogP contribution in [-0.4, -0.2) is 48.6 Å². The molecule has 1 fully saturated rings. The van der Waals surface area contributed by atoms with Gasteiger partial charge in [0.25, 0.3) is 5.91 Å². The van der Waals surface area contributed by atoms with Gasteiger partial charge >= 0.3 is 0 Å². The number of piperidine rings is 1. The molecule has 0 aliphatic carbocycles. The molecular weight excluding hydrogens is 310 g/mol. The van der Waals surface area contributed by atoms with Crippen LogP contribution in [0.3, 0.4) is 0 Å². The topological polar surface area (TPSA) is 61.4 Å². The summed E-state index contributed by atoms with van der Waals surface area (Å²) in [6.07, 6.45) is 4.92. The van der Waals surface area contributed by atoms with E-state index in [1.807, 2.05) is 12.1 Å². The molecule has 0 atom stereocenters. The number of hydrogen-bond acceptors (Lipinski definition) is 4. The van der Waals surface area contributed by atoms with Gasteiger partial charge in [-0.2, -0.15) is 0 Å². The predicted octanol–water partition coefficient (Wildman–Crippen LogP) is 2.34. The van der Waals surface area contributed by atoms with E-state index < -0.39 is 0 Å². The van der Waals surface area contributed by atoms with Crippen LogP contribution < -0.4 is 10.6 Å². The van der Waals surface area contributed by atoms with E-state index in [2.05, 4.69) is 15.5 Å². The molecule has 2 amide bonds. The van der Waals surface area contributed by atoms with Crippen molar-refractivity contribution in [1.82, 2.24) is 10.2 Å². The van der Waals surface area contributed by atoms with Crippen molar-refractivity contribution in [1.29, 1.82) is 0 Å². The van der Waals surface area contributed by atoms with Crippen LogP contribution in [0, 0.1) is 0 Å². The molecule has 23 heavy (non-hydrogen) atoms. The molecule has 1 aromatic rings. The fourth-order valence-electron chi connectivity index (χ4n) is 3.01. The van der Waals surface area contributed by atoms with Gasteiger partial charge in [-0.25, -0.2) is 0 Å². The molecular formula is C17H23N3O2S. The standard InChI is InChI=1S/C17H23N3O2S/c21-16-12-23-15-6-5-13(11-14(15)19-16)17(22)18-7-4-10-20-8-2-1-3-9-20/h5-6,11H,1-4,7-10,12H2,(H,18,22)(H,19,21). The minimum atomic E-state index is -0.0729. The number of fused-ring (bicyclic) bond motifs is 1. The van der Waals surface area contributed by atoms with Gasteiger partial charge in [0.2, 0.25) is 5.91 Å². The molecule has 0 spiro atoms. The lowest BCUT2D eigenvalue weighted by atomic mass is 10.1. The molecule has 0 unspecified atom stereocenters. The van der Waals surface area contributed by atoms with Crippen molar-refractivity contribution in [2.45, 2.75) is 30.6 Å². The third-order valence-electron chi connectivity index (χ3n) is 4.26. The zero-order valence-electron chi connectivity index (χ0n) is 13.3. The number of thioether (sulfide) groups is 1. The number of nitrogens with zero attached hydrogens (tertiary/aromatic N) is 1. The molecule has 3 rings (SSSR count). The SMILES string of the molecule is O=C1CSc2ccc(C(=O)NCCCN3CCCCC3)cc2N1. The van der Waals surface area contributed by atoms with Gasteiger partial charge in [-0.05, 0) is 57.1 Å². The maximum atomic E-state index is 12.2. The van der Waals surface area contributed by atoms with Crippen molar-refractivity contribution in [3.8, 4) is 0 Å². The molecule has 2 heterocycles. The second kappa shape index (κ2) is 7.84. The first-order valence-electron chi connectivity index (χ1n) is 8.29. The molecule has 0 bridgehead atoms. The Hall–Kier alpha value is -1.53. The Morgan fingerprint density at radius 2 is 2.09 bits per heavy atom. The number of likely N-dealkylation sites (tertiary alicyclic amines) is 1. The van der Waals surface area contributed by atoms with Crippen LogP contribution in [0.1, 0.15) is 36.0 Å². The smallest absolute Gasteiger partial charge is 0.251 e. The van der Waals surface area contributed by atoms with Gasteiger partial charge in [0, 0.05) is 17.0 Å². The maximum absolute atomic E-state index is 12.2. The lowest BCUT2D eigenvalue weighted by Gasteiger charge is -2.26. The summed E-state index contributed by atoms with van der Waals surface area (Å²) in [5, 5.41) is 5.79. The second-order valence-corrected chi connectivity index (χ2v) is 7.08. The molecule has 0 radical (unpaired) electrons. The van der Waals surface area contributed by atoms with Crippen LogP contribution in [0.5, 0.6) is 0 Å². The average molecular weight is 333 g/mol. The first-order valence-corrected chi connectivity index (χ1v) is 9.28. The fraction of sp³-hybridized carbons (Fsp3) is 0.529. The van der Waals surface area contributed by atoms with Gasteiger partial charge in [0.1, 0.15) is 0 Å². The van der Waals surface area contributed by atoms with E-state index in [-0.39, 0.29) is 11.8 Å². The molecule has 0 aromatic heterocycles. The molecule has 2 N–H and O–H groups in total. The van der Waals surface area contributed by atoms with Crippen molar-refractivity contribution in [3.63, 3.8) is 0 Å². The van der Waals surface area contributed by atoms with Crippen molar-refractivity contribution in [3.05, 3.63) is 23.8 Å². The third kappa shape index (κ3) is 4.48. The molecule has 1 saturated heterocycles. The molecule has 6 heteroatoms. The fourth-order valence-corrected chi connectivity index (χ4v) is 3.80. The summed E-state index contributed by atoms with van der Waals surface area (Å²) in [6.45, 7) is 4.12. The lowest BCUT2D eigenvalue weighted by Crippen LogP contribution is -2.33. The van der Waals surface area contributed by atoms with Crippen LogP contribution in [0.2, 0.25) is 0 Å². The van der Waals surface area contributed by atoms with Crippen LogP contribution in [0.4, 0.5) is 5.69 Å². The highest BCUT2D eigenvalue weighted by atomic mass is 32.2. The summed E-state index contributed by atoms with van der Waals surface area (Å²) in [5.74, 6) is 0.354. The average Bonchev–Trinajstić information content (AvgIpc) is 2.58. The van der Waals surface area contributed by atoms with E-state index in [0.717, 1.165) is 23.5 Å². The molecule has 5 nitrogen and oxygen atoms in total. The van der Waals surface area contributed by atoms with E-state index >= 15 is 0 Å². The first-order chi connectivity index (χ1) is 11.2. The summed E-state index contributed by atoms with van der Waals surface area (Å²) in [7, 11) is 0. The predicted molar refractivity (Wildman–Crippen MR) is 93.0 cm³/mol. The van der Waals surface area contributed by atoms with Crippen LogP contribution in [0.15, 0.2) is 23.1 Å². The van der Waals surface area contributed by atoms with Gasteiger partial charge in [0.05, 0.1) is 11.4 Å². The highest BCUT2D eigenvalue weighted by Gasteiger charge is 2.17. The minimum absolute atomic E-state index is 0.0124. The van der Waals surface area contributed by atoms with Crippen molar-refractivity contribution in [2.24, 2.45) is 0 Å². The number of carbonyl (C=O) groups is 2. The summed E-state index contributed by atoms with van der Waals surface area (Å²) >= 11 is 1.51. The van der Waals surface area contributed by atoms with E-state index in [4.69, 9.17) is 0 Å². The number of carbonyl (C=O) groups excluding carboxylic acids is 2. The van der Waals surface area contributed by atoms with Crippen molar-refractivity contribution < 1.29 is 9.59 Å². The Morgan fingerprint density at radius 1 is 1.26 bits per heavy atom. The summed E-state index contributed by atoms with van der Waals surface area (Å²) in [4.78, 5) is 27.1. The largest absolute Gasteiger partial charge is 0.352 e. The van der Waals surface area contributed by atoms with Crippen molar-refractivity contribution in [2.75, 3.05) is 37.2 Å². The van der Waals surface area contributed by atoms with Gasteiger partial charge in [-0.1, -0.05) is 6.42 Å². The van der Waals surface area contributed by atoms with Crippen LogP contribution >= 0.6 is 11.8 Å². The Kier molecular flexibility index (Phi) is 5.56. The molecule has 2 aliphatic heterocycles. The number of rotatable bonds is 5. The Balaban J connectivity index is 1.46. The van der Waals surface area contributed by atoms with Crippen LogP contribution in [0.25, 0.3) is 0 Å². The zero-order valence-corrected chi connectivity index (χ0v) is 14.1. The van der Waals surface area contributed by atoms with E-state index in [1.54, 1.807) is 6.07 Å². The summed E-state index contributed by atoms with van der Waals surface area (Å²) in [5.41, 5.74) is 1.34. The summed E-state index contributed by atoms with van der Waals surface area (Å²) < 4.78 is 0. The minimum Gasteiger partial charge on any atom is -0.352 e. The first kappa shape index (κ1) is 16.3. The second-order valence-electron chi connectivity index (χ2n) is 6.06. The Morgan fingerprint density at radius 3 is 2.91 bits per heavy atom. The number of hydrogen-bond donors (Lipinski definition) is 2. The molecule has 0 saturated carbocycles. The van der Waals surface area contributed by atoms with Crippen molar-refractivity contribution >= 4 is 29.3 Å². The number of anilines is 1. The Labute approximate surface area is 141 Å². The number of amides is 2. The highest BCUT2D eigenvalue weighted by Crippen LogP contribution is 2.31. The van der Waals surface area contributed by atoms with E-state index in [0.29, 0.717) is 17.9 Å². The van der Waals surface area contributed by atoms with Gasteiger partial charge in [-0.3, -0.25) is 9.59 Å². The highest BCUT2D eigenvalue weighted by molar-refractivity contribution is 8.00. The summed E-state index contributed by atoms with van der Waals surface area (Å²) in [6, 6.07) is 5.49. The van der Waals surface area contributed by atoms with Gasteiger partial charge in [0.15, 0.2) is 0 Å². The van der Waals surface area contributed by atoms with E-state index in [9.17, 15) is 9.59 Å². The Bertz CT molecular complexity index is 585.